The lowest BCUT2D eigenvalue weighted by Crippen LogP contribution is -2.40. The number of nitrogens with zero attached hydrogens (tertiary/aromatic N) is 1. The third-order valence-corrected chi connectivity index (χ3v) is 2.70. The number of amides is 1. The Bertz CT molecular complexity index is 373. The van der Waals surface area contributed by atoms with Crippen LogP contribution in [0.5, 0.6) is 0 Å². The summed E-state index contributed by atoms with van der Waals surface area (Å²) in [7, 11) is 1.56. The van der Waals surface area contributed by atoms with E-state index in [-0.39, 0.29) is 0 Å². The number of benzene rings is 1. The summed E-state index contributed by atoms with van der Waals surface area (Å²) in [4.78, 5) is 13.0. The molecule has 0 bridgehead atoms. The van der Waals surface area contributed by atoms with Crippen molar-refractivity contribution in [1.29, 1.82) is 0 Å². The van der Waals surface area contributed by atoms with E-state index in [1.165, 1.54) is 18.7 Å². The second kappa shape index (κ2) is 4.31. The van der Waals surface area contributed by atoms with Crippen molar-refractivity contribution in [3.05, 3.63) is 28.7 Å². The van der Waals surface area contributed by atoms with Crippen LogP contribution in [0.2, 0.25) is 0 Å². The molecule has 1 amide bonds. The number of carbonyl (C=O) groups excluding carboxylic acids is 1. The SMILES string of the molecule is CN(C(=O)C(C)(C)F)c1ccccc1Br. The fourth-order valence-electron chi connectivity index (χ4n) is 1.23. The normalized spacial score (nSPS) is 11.3. The fraction of sp³-hybridized carbons (Fsp3) is 0.364. The summed E-state index contributed by atoms with van der Waals surface area (Å²) in [5.74, 6) is -0.561. The number of anilines is 1. The number of hydrogen-bond acceptors (Lipinski definition) is 1. The molecule has 0 saturated carbocycles. The van der Waals surface area contributed by atoms with Crippen LogP contribution in [0.1, 0.15) is 13.8 Å². The molecule has 0 radical (unpaired) electrons. The Morgan fingerprint density at radius 3 is 2.40 bits per heavy atom. The monoisotopic (exact) mass is 273 g/mol. The first-order chi connectivity index (χ1) is 6.84. The molecule has 0 aliphatic carbocycles. The molecule has 4 heteroatoms. The minimum absolute atomic E-state index is 0.561. The highest BCUT2D eigenvalue weighted by molar-refractivity contribution is 9.10. The minimum atomic E-state index is -1.86. The molecular formula is C11H13BrFNO. The largest absolute Gasteiger partial charge is 0.312 e. The summed E-state index contributed by atoms with van der Waals surface area (Å²) in [5, 5.41) is 0. The maximum atomic E-state index is 13.4. The van der Waals surface area contributed by atoms with E-state index in [4.69, 9.17) is 0 Å². The molecular weight excluding hydrogens is 261 g/mol. The van der Waals surface area contributed by atoms with Crippen LogP contribution in [0.4, 0.5) is 10.1 Å². The third-order valence-electron chi connectivity index (χ3n) is 2.03. The van der Waals surface area contributed by atoms with E-state index in [1.807, 2.05) is 12.1 Å². The molecule has 0 fully saturated rings. The number of carbonyl (C=O) groups is 1. The van der Waals surface area contributed by atoms with Gasteiger partial charge < -0.3 is 4.90 Å². The van der Waals surface area contributed by atoms with Crippen molar-refractivity contribution in [2.45, 2.75) is 19.5 Å². The molecule has 1 rings (SSSR count). The van der Waals surface area contributed by atoms with Gasteiger partial charge in [-0.05, 0) is 41.9 Å². The summed E-state index contributed by atoms with van der Waals surface area (Å²) >= 11 is 3.32. The molecule has 15 heavy (non-hydrogen) atoms. The van der Waals surface area contributed by atoms with Gasteiger partial charge in [0.2, 0.25) is 0 Å². The summed E-state index contributed by atoms with van der Waals surface area (Å²) in [6, 6.07) is 7.21. The predicted octanol–water partition coefficient (Wildman–Crippen LogP) is 3.16. The maximum Gasteiger partial charge on any atom is 0.263 e. The van der Waals surface area contributed by atoms with Gasteiger partial charge in [0, 0.05) is 11.5 Å². The van der Waals surface area contributed by atoms with Crippen LogP contribution >= 0.6 is 15.9 Å². The molecule has 82 valence electrons. The highest BCUT2D eigenvalue weighted by atomic mass is 79.9. The Labute approximate surface area is 97.2 Å². The van der Waals surface area contributed by atoms with Crippen LogP contribution in [0.3, 0.4) is 0 Å². The standard InChI is InChI=1S/C11H13BrFNO/c1-11(2,13)10(15)14(3)9-7-5-4-6-8(9)12/h4-7H,1-3H3. The summed E-state index contributed by atoms with van der Waals surface area (Å²) in [6.07, 6.45) is 0. The third kappa shape index (κ3) is 2.78. The quantitative estimate of drug-likeness (QED) is 0.811. The number of hydrogen-bond donors (Lipinski definition) is 0. The molecule has 2 nitrogen and oxygen atoms in total. The van der Waals surface area contributed by atoms with E-state index in [9.17, 15) is 9.18 Å². The molecule has 1 aromatic rings. The van der Waals surface area contributed by atoms with Gasteiger partial charge in [-0.3, -0.25) is 4.79 Å². The Morgan fingerprint density at radius 2 is 1.93 bits per heavy atom. The first-order valence-corrected chi connectivity index (χ1v) is 5.35. The molecule has 0 saturated heterocycles. The topological polar surface area (TPSA) is 20.3 Å². The lowest BCUT2D eigenvalue weighted by atomic mass is 10.1. The van der Waals surface area contributed by atoms with Gasteiger partial charge in [-0.2, -0.15) is 0 Å². The van der Waals surface area contributed by atoms with Crippen molar-refractivity contribution in [3.8, 4) is 0 Å². The molecule has 0 atom stereocenters. The molecule has 0 N–H and O–H groups in total. The van der Waals surface area contributed by atoms with E-state index in [2.05, 4.69) is 15.9 Å². The van der Waals surface area contributed by atoms with E-state index < -0.39 is 11.6 Å². The Balaban J connectivity index is 3.01. The Morgan fingerprint density at radius 1 is 1.40 bits per heavy atom. The van der Waals surface area contributed by atoms with Crippen LogP contribution < -0.4 is 4.90 Å². The van der Waals surface area contributed by atoms with Crippen molar-refractivity contribution in [1.82, 2.24) is 0 Å². The van der Waals surface area contributed by atoms with Crippen LogP contribution in [-0.2, 0) is 4.79 Å². The van der Waals surface area contributed by atoms with Crippen molar-refractivity contribution in [2.24, 2.45) is 0 Å². The lowest BCUT2D eigenvalue weighted by molar-refractivity contribution is -0.127. The lowest BCUT2D eigenvalue weighted by Gasteiger charge is -2.24. The molecule has 0 aliphatic rings. The number of rotatable bonds is 2. The van der Waals surface area contributed by atoms with E-state index in [0.29, 0.717) is 5.69 Å². The fourth-order valence-corrected chi connectivity index (χ4v) is 1.78. The van der Waals surface area contributed by atoms with Gasteiger partial charge in [0.15, 0.2) is 5.67 Å². The average molecular weight is 274 g/mol. The molecule has 0 heterocycles. The summed E-state index contributed by atoms with van der Waals surface area (Å²) < 4.78 is 14.2. The van der Waals surface area contributed by atoms with Gasteiger partial charge in [0.25, 0.3) is 5.91 Å². The average Bonchev–Trinajstić information content (AvgIpc) is 2.15. The van der Waals surface area contributed by atoms with E-state index in [1.54, 1.807) is 19.2 Å². The smallest absolute Gasteiger partial charge is 0.263 e. The molecule has 1 aromatic carbocycles. The van der Waals surface area contributed by atoms with Crippen LogP contribution in [0.25, 0.3) is 0 Å². The zero-order valence-corrected chi connectivity index (χ0v) is 10.5. The Hall–Kier alpha value is -0.900. The van der Waals surface area contributed by atoms with Crippen molar-refractivity contribution in [2.75, 3.05) is 11.9 Å². The molecule has 0 unspecified atom stereocenters. The van der Waals surface area contributed by atoms with Gasteiger partial charge in [-0.15, -0.1) is 0 Å². The van der Waals surface area contributed by atoms with Crippen LogP contribution in [-0.4, -0.2) is 18.6 Å². The predicted molar refractivity (Wildman–Crippen MR) is 62.7 cm³/mol. The maximum absolute atomic E-state index is 13.4. The Kier molecular flexibility index (Phi) is 3.50. The van der Waals surface area contributed by atoms with Gasteiger partial charge in [0.1, 0.15) is 0 Å². The van der Waals surface area contributed by atoms with Gasteiger partial charge in [-0.1, -0.05) is 12.1 Å². The highest BCUT2D eigenvalue weighted by Crippen LogP contribution is 2.27. The van der Waals surface area contributed by atoms with E-state index >= 15 is 0 Å². The molecule has 0 aromatic heterocycles. The number of alkyl halides is 1. The number of halogens is 2. The minimum Gasteiger partial charge on any atom is -0.312 e. The van der Waals surface area contributed by atoms with Crippen molar-refractivity contribution in [3.63, 3.8) is 0 Å². The first kappa shape index (κ1) is 12.2. The summed E-state index contributed by atoms with van der Waals surface area (Å²) in [6.45, 7) is 2.51. The number of para-hydroxylation sites is 1. The van der Waals surface area contributed by atoms with Gasteiger partial charge in [-0.25, -0.2) is 4.39 Å². The van der Waals surface area contributed by atoms with Gasteiger partial charge in [0.05, 0.1) is 5.69 Å². The van der Waals surface area contributed by atoms with Crippen molar-refractivity contribution < 1.29 is 9.18 Å². The van der Waals surface area contributed by atoms with Crippen LogP contribution in [0.15, 0.2) is 28.7 Å². The van der Waals surface area contributed by atoms with Gasteiger partial charge >= 0.3 is 0 Å². The zero-order valence-electron chi connectivity index (χ0n) is 8.92. The second-order valence-electron chi connectivity index (χ2n) is 3.79. The molecule has 0 spiro atoms. The highest BCUT2D eigenvalue weighted by Gasteiger charge is 2.30. The molecule has 0 aliphatic heterocycles. The van der Waals surface area contributed by atoms with E-state index in [0.717, 1.165) is 4.47 Å². The zero-order chi connectivity index (χ0) is 11.6. The summed E-state index contributed by atoms with van der Waals surface area (Å²) in [5.41, 5.74) is -1.20. The van der Waals surface area contributed by atoms with Crippen LogP contribution in [0, 0.1) is 0 Å². The second-order valence-corrected chi connectivity index (χ2v) is 4.64. The van der Waals surface area contributed by atoms with Crippen molar-refractivity contribution >= 4 is 27.5 Å². The first-order valence-electron chi connectivity index (χ1n) is 4.55.